The van der Waals surface area contributed by atoms with Gasteiger partial charge in [0, 0.05) is 34.4 Å². The minimum Gasteiger partial charge on any atom is -0.469 e. The van der Waals surface area contributed by atoms with Crippen LogP contribution in [0.3, 0.4) is 0 Å². The highest BCUT2D eigenvalue weighted by Gasteiger charge is 2.62. The third-order valence-corrected chi connectivity index (χ3v) is 11.1. The van der Waals surface area contributed by atoms with Crippen LogP contribution in [0.25, 0.3) is 0 Å². The molecule has 0 aromatic carbocycles. The second-order valence-corrected chi connectivity index (χ2v) is 15.2. The van der Waals surface area contributed by atoms with Crippen LogP contribution in [0.4, 0.5) is 0 Å². The molecule has 1 fully saturated rings. The van der Waals surface area contributed by atoms with Gasteiger partial charge in [-0.15, -0.1) is 0 Å². The van der Waals surface area contributed by atoms with Crippen molar-refractivity contribution in [2.24, 2.45) is 17.8 Å². The van der Waals surface area contributed by atoms with Crippen molar-refractivity contribution >= 4 is 14.5 Å². The lowest BCUT2D eigenvalue weighted by Crippen LogP contribution is -2.64. The second-order valence-electron chi connectivity index (χ2n) is 10.4. The lowest BCUT2D eigenvalue weighted by molar-refractivity contribution is -0.139. The van der Waals surface area contributed by atoms with E-state index >= 15 is 0 Å². The summed E-state index contributed by atoms with van der Waals surface area (Å²) in [4.78, 5) is 11.3. The average Bonchev–Trinajstić information content (AvgIpc) is 2.58. The van der Waals surface area contributed by atoms with Gasteiger partial charge in [0.25, 0.3) is 0 Å². The molecule has 1 heterocycles. The molecule has 1 saturated heterocycles. The number of aliphatic hydroxyl groups excluding tert-OH is 1. The first-order valence-electron chi connectivity index (χ1n) is 10.4. The lowest BCUT2D eigenvalue weighted by Gasteiger charge is -2.55. The van der Waals surface area contributed by atoms with E-state index in [0.29, 0.717) is 6.61 Å². The summed E-state index contributed by atoms with van der Waals surface area (Å²) >= 11 is 0. The molecule has 0 aliphatic carbocycles. The van der Waals surface area contributed by atoms with Gasteiger partial charge in [0.15, 0.2) is 0 Å². The predicted octanol–water partition coefficient (Wildman–Crippen LogP) is 4.83. The Hall–Kier alpha value is -0.693. The number of methoxy groups -OCH3 is 1. The van der Waals surface area contributed by atoms with Crippen molar-refractivity contribution in [3.05, 3.63) is 12.2 Å². The normalized spacial score (nSPS) is 26.7. The van der Waals surface area contributed by atoms with Crippen molar-refractivity contribution < 1.29 is 23.5 Å². The molecule has 1 aliphatic heterocycles. The zero-order valence-corrected chi connectivity index (χ0v) is 20.5. The molecule has 0 spiro atoms. The molecule has 0 aromatic heterocycles. The van der Waals surface area contributed by atoms with Gasteiger partial charge in [-0.3, -0.25) is 4.79 Å². The number of esters is 1. The van der Waals surface area contributed by atoms with E-state index in [1.165, 1.54) is 7.11 Å². The summed E-state index contributed by atoms with van der Waals surface area (Å²) < 4.78 is 18.0. The van der Waals surface area contributed by atoms with E-state index in [4.69, 9.17) is 8.85 Å². The number of carbonyl (C=O) groups excluding carboxylic acids is 1. The van der Waals surface area contributed by atoms with Crippen LogP contribution >= 0.6 is 0 Å². The Morgan fingerprint density at radius 1 is 1.21 bits per heavy atom. The summed E-state index contributed by atoms with van der Waals surface area (Å²) in [7, 11) is -1.19. The summed E-state index contributed by atoms with van der Waals surface area (Å²) in [5.74, 6) is -0.202. The van der Waals surface area contributed by atoms with E-state index in [9.17, 15) is 9.90 Å². The number of hydrogen-bond donors (Lipinski definition) is 1. The van der Waals surface area contributed by atoms with Crippen LogP contribution in [0.1, 0.15) is 68.7 Å². The van der Waals surface area contributed by atoms with Crippen molar-refractivity contribution in [3.8, 4) is 0 Å². The Morgan fingerprint density at radius 3 is 2.21 bits per heavy atom. The van der Waals surface area contributed by atoms with E-state index in [1.54, 1.807) is 6.08 Å². The van der Waals surface area contributed by atoms with Gasteiger partial charge in [-0.1, -0.05) is 74.5 Å². The highest BCUT2D eigenvalue weighted by Crippen LogP contribution is 2.55. The largest absolute Gasteiger partial charge is 0.469 e. The Kier molecular flexibility index (Phi) is 8.52. The molecule has 1 rings (SSSR count). The summed E-state index contributed by atoms with van der Waals surface area (Å²) in [5, 5.41) is 10.8. The molecule has 1 N–H and O–H groups in total. The van der Waals surface area contributed by atoms with Gasteiger partial charge in [0.1, 0.15) is 0 Å². The third-order valence-electron chi connectivity index (χ3n) is 5.93. The number of carbonyl (C=O) groups is 1. The molecule has 0 amide bonds. The van der Waals surface area contributed by atoms with Crippen molar-refractivity contribution in [1.82, 2.24) is 0 Å². The molecular formula is C22H42O5Si. The maximum atomic E-state index is 11.3. The van der Waals surface area contributed by atoms with E-state index in [0.717, 1.165) is 0 Å². The fraction of sp³-hybridized carbons (Fsp3) is 0.864. The van der Waals surface area contributed by atoms with Crippen molar-refractivity contribution in [2.45, 2.75) is 91.0 Å². The Labute approximate surface area is 173 Å². The molecule has 5 atom stereocenters. The molecule has 0 aromatic rings. The van der Waals surface area contributed by atoms with Crippen LogP contribution in [0.15, 0.2) is 12.2 Å². The standard InChI is InChI=1S/C22H42O5Si/c1-15(12-11-13-18(23)25-10)19(24)17(3)20-16(2)14-26-28(27-20,21(4,5)6)22(7,8)9/h11-12,15-17,19-20,24H,13-14H2,1-10H3/b12-11+/t15?,16-,17+,19-,20+/m0/s1. The van der Waals surface area contributed by atoms with E-state index < -0.39 is 14.7 Å². The van der Waals surface area contributed by atoms with Gasteiger partial charge in [-0.2, -0.15) is 0 Å². The first-order chi connectivity index (χ1) is 12.7. The SMILES string of the molecule is COC(=O)C/C=C/C(C)[C@H](O)[C@@H](C)[C@@H]1O[Si](C(C)(C)C)(C(C)(C)C)OC[C@@H]1C. The van der Waals surface area contributed by atoms with E-state index in [2.05, 4.69) is 60.1 Å². The Morgan fingerprint density at radius 2 is 1.75 bits per heavy atom. The predicted molar refractivity (Wildman–Crippen MR) is 115 cm³/mol. The molecule has 0 radical (unpaired) electrons. The molecule has 0 bridgehead atoms. The van der Waals surface area contributed by atoms with Gasteiger partial charge in [0.05, 0.1) is 25.7 Å². The molecule has 28 heavy (non-hydrogen) atoms. The molecule has 0 saturated carbocycles. The number of hydrogen-bond acceptors (Lipinski definition) is 5. The maximum Gasteiger partial charge on any atom is 0.349 e. The summed E-state index contributed by atoms with van der Waals surface area (Å²) in [6.07, 6.45) is 3.25. The average molecular weight is 415 g/mol. The van der Waals surface area contributed by atoms with Gasteiger partial charge in [-0.05, 0) is 0 Å². The van der Waals surface area contributed by atoms with Gasteiger partial charge in [0.2, 0.25) is 0 Å². The topological polar surface area (TPSA) is 65.0 Å². The maximum absolute atomic E-state index is 11.3. The summed E-state index contributed by atoms with van der Waals surface area (Å²) in [6.45, 7) is 20.1. The van der Waals surface area contributed by atoms with E-state index in [-0.39, 0.29) is 46.3 Å². The fourth-order valence-corrected chi connectivity index (χ4v) is 9.69. The summed E-state index contributed by atoms with van der Waals surface area (Å²) in [5.41, 5.74) is 0. The van der Waals surface area contributed by atoms with Crippen molar-refractivity contribution in [1.29, 1.82) is 0 Å². The lowest BCUT2D eigenvalue weighted by atomic mass is 9.84. The molecular weight excluding hydrogens is 372 g/mol. The Balaban J connectivity index is 3.01. The van der Waals surface area contributed by atoms with Crippen LogP contribution in [0, 0.1) is 17.8 Å². The monoisotopic (exact) mass is 414 g/mol. The van der Waals surface area contributed by atoms with Crippen LogP contribution in [-0.4, -0.2) is 45.6 Å². The molecule has 6 heteroatoms. The minimum atomic E-state index is -2.57. The van der Waals surface area contributed by atoms with Crippen molar-refractivity contribution in [2.75, 3.05) is 13.7 Å². The van der Waals surface area contributed by atoms with Crippen LogP contribution in [-0.2, 0) is 18.4 Å². The summed E-state index contributed by atoms with van der Waals surface area (Å²) in [6, 6.07) is 0. The van der Waals surface area contributed by atoms with Crippen molar-refractivity contribution in [3.63, 3.8) is 0 Å². The highest BCUT2D eigenvalue weighted by molar-refractivity contribution is 6.73. The first-order valence-corrected chi connectivity index (χ1v) is 12.2. The van der Waals surface area contributed by atoms with Gasteiger partial charge >= 0.3 is 14.5 Å². The molecule has 1 aliphatic rings. The molecule has 5 nitrogen and oxygen atoms in total. The third kappa shape index (κ3) is 5.46. The van der Waals surface area contributed by atoms with Crippen LogP contribution in [0.5, 0.6) is 0 Å². The number of aliphatic hydroxyl groups is 1. The smallest absolute Gasteiger partial charge is 0.349 e. The zero-order valence-electron chi connectivity index (χ0n) is 19.5. The van der Waals surface area contributed by atoms with E-state index in [1.807, 2.05) is 13.0 Å². The van der Waals surface area contributed by atoms with Crippen LogP contribution in [0.2, 0.25) is 10.1 Å². The first kappa shape index (κ1) is 25.3. The number of rotatable bonds is 6. The Bertz CT molecular complexity index is 532. The molecule has 164 valence electrons. The second kappa shape index (κ2) is 9.41. The quantitative estimate of drug-likeness (QED) is 0.383. The molecule has 1 unspecified atom stereocenters. The van der Waals surface area contributed by atoms with Gasteiger partial charge < -0.3 is 18.7 Å². The fourth-order valence-electron chi connectivity index (χ4n) is 4.47. The highest BCUT2D eigenvalue weighted by atomic mass is 28.4. The minimum absolute atomic E-state index is 0.0479. The van der Waals surface area contributed by atoms with Crippen LogP contribution < -0.4 is 0 Å². The zero-order chi connectivity index (χ0) is 21.9. The van der Waals surface area contributed by atoms with Gasteiger partial charge in [-0.25, -0.2) is 0 Å². The number of ether oxygens (including phenoxy) is 1.